The molecule has 0 fully saturated rings. The third-order valence-corrected chi connectivity index (χ3v) is 2.30. The van der Waals surface area contributed by atoms with E-state index in [0.717, 1.165) is 0 Å². The molecule has 1 aromatic rings. The number of halogens is 3. The average molecular weight is 251 g/mol. The SMILES string of the molecule is Nc1ccc(Cl)cc1N(CCO)CC(F)F. The molecule has 1 aromatic carbocycles. The maximum Gasteiger partial charge on any atom is 0.255 e. The number of nitrogens with two attached hydrogens (primary N) is 1. The third-order valence-electron chi connectivity index (χ3n) is 2.06. The molecule has 0 atom stereocenters. The van der Waals surface area contributed by atoms with E-state index in [9.17, 15) is 8.78 Å². The maximum absolute atomic E-state index is 12.3. The van der Waals surface area contributed by atoms with E-state index in [2.05, 4.69) is 0 Å². The number of nitrogen functional groups attached to an aromatic ring is 1. The van der Waals surface area contributed by atoms with Crippen molar-refractivity contribution in [1.82, 2.24) is 0 Å². The molecule has 0 radical (unpaired) electrons. The van der Waals surface area contributed by atoms with Gasteiger partial charge in [-0.1, -0.05) is 11.6 Å². The highest BCUT2D eigenvalue weighted by atomic mass is 35.5. The minimum atomic E-state index is -2.50. The van der Waals surface area contributed by atoms with Gasteiger partial charge >= 0.3 is 0 Å². The Hall–Kier alpha value is -1.07. The van der Waals surface area contributed by atoms with Crippen molar-refractivity contribution in [3.63, 3.8) is 0 Å². The molecular formula is C10H13ClF2N2O. The van der Waals surface area contributed by atoms with Gasteiger partial charge in [-0.05, 0) is 18.2 Å². The molecule has 0 bridgehead atoms. The van der Waals surface area contributed by atoms with Crippen molar-refractivity contribution in [3.05, 3.63) is 23.2 Å². The molecule has 0 amide bonds. The summed E-state index contributed by atoms with van der Waals surface area (Å²) in [5.41, 5.74) is 6.45. The van der Waals surface area contributed by atoms with Crippen molar-refractivity contribution >= 4 is 23.0 Å². The summed E-state index contributed by atoms with van der Waals surface area (Å²) in [6.07, 6.45) is -2.50. The summed E-state index contributed by atoms with van der Waals surface area (Å²) in [7, 11) is 0. The highest BCUT2D eigenvalue weighted by Gasteiger charge is 2.14. The van der Waals surface area contributed by atoms with Crippen LogP contribution >= 0.6 is 11.6 Å². The van der Waals surface area contributed by atoms with E-state index in [4.69, 9.17) is 22.4 Å². The van der Waals surface area contributed by atoms with Gasteiger partial charge in [0.1, 0.15) is 0 Å². The quantitative estimate of drug-likeness (QED) is 0.786. The number of benzene rings is 1. The molecule has 0 heterocycles. The van der Waals surface area contributed by atoms with Crippen molar-refractivity contribution in [2.45, 2.75) is 6.43 Å². The molecule has 0 aromatic heterocycles. The van der Waals surface area contributed by atoms with Gasteiger partial charge in [0.25, 0.3) is 6.43 Å². The van der Waals surface area contributed by atoms with Crippen LogP contribution in [0.15, 0.2) is 18.2 Å². The van der Waals surface area contributed by atoms with Crippen LogP contribution in [0, 0.1) is 0 Å². The van der Waals surface area contributed by atoms with Gasteiger partial charge in [-0.15, -0.1) is 0 Å². The number of rotatable bonds is 5. The van der Waals surface area contributed by atoms with Crippen LogP contribution in [0.2, 0.25) is 5.02 Å². The predicted octanol–water partition coefficient (Wildman–Crippen LogP) is 1.99. The molecule has 0 aliphatic rings. The summed E-state index contributed by atoms with van der Waals surface area (Å²) >= 11 is 5.77. The van der Waals surface area contributed by atoms with Crippen LogP contribution in [0.3, 0.4) is 0 Å². The van der Waals surface area contributed by atoms with Crippen molar-refractivity contribution in [3.8, 4) is 0 Å². The third kappa shape index (κ3) is 3.50. The minimum absolute atomic E-state index is 0.0921. The van der Waals surface area contributed by atoms with E-state index >= 15 is 0 Å². The molecule has 0 spiro atoms. The average Bonchev–Trinajstić information content (AvgIpc) is 2.20. The Kier molecular flexibility index (Phi) is 4.76. The van der Waals surface area contributed by atoms with Crippen molar-refractivity contribution in [2.24, 2.45) is 0 Å². The first kappa shape index (κ1) is 13.0. The largest absolute Gasteiger partial charge is 0.397 e. The second kappa shape index (κ2) is 5.86. The van der Waals surface area contributed by atoms with Crippen LogP contribution < -0.4 is 10.6 Å². The van der Waals surface area contributed by atoms with Gasteiger partial charge in [0.15, 0.2) is 0 Å². The Balaban J connectivity index is 2.94. The monoisotopic (exact) mass is 250 g/mol. The maximum atomic E-state index is 12.3. The molecule has 0 aliphatic heterocycles. The Morgan fingerprint density at radius 2 is 2.12 bits per heavy atom. The lowest BCUT2D eigenvalue weighted by Crippen LogP contribution is -2.32. The Morgan fingerprint density at radius 3 is 2.69 bits per heavy atom. The van der Waals surface area contributed by atoms with Crippen molar-refractivity contribution < 1.29 is 13.9 Å². The lowest BCUT2D eigenvalue weighted by molar-refractivity contribution is 0.153. The van der Waals surface area contributed by atoms with Crippen LogP contribution in [-0.2, 0) is 0 Å². The highest BCUT2D eigenvalue weighted by Crippen LogP contribution is 2.27. The summed E-state index contributed by atoms with van der Waals surface area (Å²) in [6.45, 7) is -0.612. The fourth-order valence-corrected chi connectivity index (χ4v) is 1.55. The molecule has 16 heavy (non-hydrogen) atoms. The molecule has 0 unspecified atom stereocenters. The zero-order valence-corrected chi connectivity index (χ0v) is 9.29. The van der Waals surface area contributed by atoms with Gasteiger partial charge in [0.05, 0.1) is 24.5 Å². The van der Waals surface area contributed by atoms with Gasteiger partial charge in [0.2, 0.25) is 0 Å². The van der Waals surface area contributed by atoms with Gasteiger partial charge in [0, 0.05) is 11.6 Å². The summed E-state index contributed by atoms with van der Waals surface area (Å²) in [6, 6.07) is 4.64. The van der Waals surface area contributed by atoms with Crippen LogP contribution in [0.4, 0.5) is 20.2 Å². The number of anilines is 2. The second-order valence-corrected chi connectivity index (χ2v) is 3.70. The number of aliphatic hydroxyl groups is 1. The van der Waals surface area contributed by atoms with Crippen molar-refractivity contribution in [2.75, 3.05) is 30.3 Å². The topological polar surface area (TPSA) is 49.5 Å². The van der Waals surface area contributed by atoms with Crippen LogP contribution in [0.5, 0.6) is 0 Å². The summed E-state index contributed by atoms with van der Waals surface area (Å²) in [5, 5.41) is 9.23. The summed E-state index contributed by atoms with van der Waals surface area (Å²) < 4.78 is 24.7. The fourth-order valence-electron chi connectivity index (χ4n) is 1.39. The number of aliphatic hydroxyl groups excluding tert-OH is 1. The molecule has 1 rings (SSSR count). The van der Waals surface area contributed by atoms with Gasteiger partial charge in [-0.3, -0.25) is 0 Å². The lowest BCUT2D eigenvalue weighted by Gasteiger charge is -2.25. The molecular weight excluding hydrogens is 238 g/mol. The van der Waals surface area contributed by atoms with E-state index in [0.29, 0.717) is 16.4 Å². The van der Waals surface area contributed by atoms with E-state index in [1.807, 2.05) is 0 Å². The number of alkyl halides is 2. The molecule has 3 N–H and O–H groups in total. The van der Waals surface area contributed by atoms with E-state index in [1.54, 1.807) is 12.1 Å². The molecule has 3 nitrogen and oxygen atoms in total. The van der Waals surface area contributed by atoms with E-state index in [-0.39, 0.29) is 13.2 Å². The lowest BCUT2D eigenvalue weighted by atomic mass is 10.2. The smallest absolute Gasteiger partial charge is 0.255 e. The van der Waals surface area contributed by atoms with E-state index in [1.165, 1.54) is 11.0 Å². The van der Waals surface area contributed by atoms with Crippen LogP contribution in [0.1, 0.15) is 0 Å². The first-order valence-corrected chi connectivity index (χ1v) is 5.11. The molecule has 0 saturated carbocycles. The minimum Gasteiger partial charge on any atom is -0.397 e. The van der Waals surface area contributed by atoms with Crippen LogP contribution in [0.25, 0.3) is 0 Å². The van der Waals surface area contributed by atoms with Crippen molar-refractivity contribution in [1.29, 1.82) is 0 Å². The Labute approximate surface area is 97.4 Å². The van der Waals surface area contributed by atoms with Crippen LogP contribution in [-0.4, -0.2) is 31.2 Å². The predicted molar refractivity (Wildman–Crippen MR) is 61.2 cm³/mol. The first-order valence-electron chi connectivity index (χ1n) is 4.73. The highest BCUT2D eigenvalue weighted by molar-refractivity contribution is 6.31. The molecule has 0 aliphatic carbocycles. The normalized spacial score (nSPS) is 10.8. The molecule has 0 saturated heterocycles. The zero-order chi connectivity index (χ0) is 12.1. The molecule has 90 valence electrons. The first-order chi connectivity index (χ1) is 7.54. The fraction of sp³-hybridized carbons (Fsp3) is 0.400. The number of hydrogen-bond acceptors (Lipinski definition) is 3. The van der Waals surface area contributed by atoms with Gasteiger partial charge in [-0.25, -0.2) is 8.78 Å². The van der Waals surface area contributed by atoms with Gasteiger partial charge in [-0.2, -0.15) is 0 Å². The Morgan fingerprint density at radius 1 is 1.44 bits per heavy atom. The number of hydrogen-bond donors (Lipinski definition) is 2. The van der Waals surface area contributed by atoms with Gasteiger partial charge < -0.3 is 15.7 Å². The zero-order valence-electron chi connectivity index (χ0n) is 8.54. The number of nitrogens with zero attached hydrogens (tertiary/aromatic N) is 1. The van der Waals surface area contributed by atoms with E-state index < -0.39 is 13.0 Å². The summed E-state index contributed by atoms with van der Waals surface area (Å²) in [5.74, 6) is 0. The summed E-state index contributed by atoms with van der Waals surface area (Å²) in [4.78, 5) is 1.31. The molecule has 6 heteroatoms. The second-order valence-electron chi connectivity index (χ2n) is 3.26. The Bertz CT molecular complexity index is 350. The standard InChI is InChI=1S/C10H13ClF2N2O/c11-7-1-2-8(14)9(5-7)15(3-4-16)6-10(12)13/h1-2,5,10,16H,3-4,6,14H2.